The highest BCUT2D eigenvalue weighted by molar-refractivity contribution is 8.01. The summed E-state index contributed by atoms with van der Waals surface area (Å²) in [6.45, 7) is 3.37. The number of hydrogen-bond acceptors (Lipinski definition) is 8. The molecule has 1 saturated heterocycles. The van der Waals surface area contributed by atoms with E-state index in [4.69, 9.17) is 4.74 Å². The van der Waals surface area contributed by atoms with Crippen LogP contribution in [0.2, 0.25) is 0 Å². The van der Waals surface area contributed by atoms with E-state index < -0.39 is 23.8 Å². The van der Waals surface area contributed by atoms with Gasteiger partial charge in [-0.3, -0.25) is 9.59 Å². The second-order valence-electron chi connectivity index (χ2n) is 6.48. The summed E-state index contributed by atoms with van der Waals surface area (Å²) < 4.78 is 6.08. The van der Waals surface area contributed by atoms with E-state index in [9.17, 15) is 19.5 Å². The molecule has 158 valence electrons. The molecule has 2 aromatic rings. The number of thioether (sulfide) groups is 1. The van der Waals surface area contributed by atoms with Crippen molar-refractivity contribution in [1.29, 1.82) is 0 Å². The average molecular weight is 449 g/mol. The maximum absolute atomic E-state index is 12.4. The largest absolute Gasteiger partial charge is 0.484 e. The number of likely N-dealkylation sites (tertiary alicyclic amines) is 1. The highest BCUT2D eigenvalue weighted by Gasteiger charge is 2.42. The van der Waals surface area contributed by atoms with E-state index in [0.717, 1.165) is 9.35 Å². The average Bonchev–Trinajstić information content (AvgIpc) is 3.15. The minimum atomic E-state index is -1.19. The Balaban J connectivity index is 1.54. The third-order valence-corrected chi connectivity index (χ3v) is 6.32. The number of amides is 2. The molecule has 0 saturated carbocycles. The number of benzene rings is 1. The zero-order chi connectivity index (χ0) is 21.7. The first kappa shape index (κ1) is 21.8. The van der Waals surface area contributed by atoms with Crippen molar-refractivity contribution < 1.29 is 24.2 Å². The van der Waals surface area contributed by atoms with E-state index in [1.165, 1.54) is 28.0 Å². The molecule has 1 atom stereocenters. The quantitative estimate of drug-likeness (QED) is 0.338. The van der Waals surface area contributed by atoms with Gasteiger partial charge in [0.15, 0.2) is 10.9 Å². The van der Waals surface area contributed by atoms with Crippen LogP contribution in [-0.4, -0.2) is 62.9 Å². The molecule has 1 aliphatic heterocycles. The molecule has 1 fully saturated rings. The molecular formula is C19H20N4O5S2. The van der Waals surface area contributed by atoms with E-state index in [1.807, 2.05) is 13.0 Å². The molecule has 2 N–H and O–H groups in total. The standard InChI is InChI=1S/C19H20N4O5S2/c1-11(10-29-19-22-21-12(2)30-19)16(18(26)27)23-8-14(17(23)25)20-15(24)9-28-13-6-4-3-5-7-13/h3-7,14H,8-10H2,1-2H3,(H,20,24)(H,26,27). The topological polar surface area (TPSA) is 122 Å². The Kier molecular flexibility index (Phi) is 7.06. The number of para-hydroxylation sites is 1. The molecule has 1 aromatic carbocycles. The highest BCUT2D eigenvalue weighted by Crippen LogP contribution is 2.27. The molecule has 2 heterocycles. The van der Waals surface area contributed by atoms with Gasteiger partial charge in [0.1, 0.15) is 22.5 Å². The number of aromatic nitrogens is 2. The van der Waals surface area contributed by atoms with Gasteiger partial charge in [0, 0.05) is 5.75 Å². The first-order valence-electron chi connectivity index (χ1n) is 8.99. The predicted molar refractivity (Wildman–Crippen MR) is 111 cm³/mol. The third-order valence-electron chi connectivity index (χ3n) is 4.17. The van der Waals surface area contributed by atoms with Gasteiger partial charge in [0.25, 0.3) is 11.8 Å². The van der Waals surface area contributed by atoms with Gasteiger partial charge < -0.3 is 20.1 Å². The van der Waals surface area contributed by atoms with Crippen molar-refractivity contribution in [3.8, 4) is 5.75 Å². The molecule has 3 rings (SSSR count). The zero-order valence-corrected chi connectivity index (χ0v) is 18.0. The molecule has 1 aliphatic rings. The summed E-state index contributed by atoms with van der Waals surface area (Å²) in [5, 5.41) is 20.9. The van der Waals surface area contributed by atoms with Crippen molar-refractivity contribution in [1.82, 2.24) is 20.4 Å². The van der Waals surface area contributed by atoms with Gasteiger partial charge in [-0.25, -0.2) is 4.79 Å². The van der Waals surface area contributed by atoms with Crippen LogP contribution in [0.1, 0.15) is 11.9 Å². The van der Waals surface area contributed by atoms with Gasteiger partial charge in [-0.2, -0.15) is 0 Å². The summed E-state index contributed by atoms with van der Waals surface area (Å²) in [5.41, 5.74) is 0.464. The van der Waals surface area contributed by atoms with Crippen LogP contribution >= 0.6 is 23.1 Å². The van der Waals surface area contributed by atoms with Crippen LogP contribution in [0, 0.1) is 6.92 Å². The number of carboxylic acids is 1. The molecule has 0 bridgehead atoms. The Bertz CT molecular complexity index is 976. The van der Waals surface area contributed by atoms with Crippen molar-refractivity contribution >= 4 is 40.9 Å². The number of aliphatic carboxylic acids is 1. The molecular weight excluding hydrogens is 428 g/mol. The van der Waals surface area contributed by atoms with E-state index >= 15 is 0 Å². The van der Waals surface area contributed by atoms with Crippen LogP contribution in [0.3, 0.4) is 0 Å². The van der Waals surface area contributed by atoms with Crippen molar-refractivity contribution in [2.75, 3.05) is 18.9 Å². The number of hydrogen-bond donors (Lipinski definition) is 2. The number of carboxylic acid groups (broad SMARTS) is 1. The van der Waals surface area contributed by atoms with Crippen molar-refractivity contribution in [3.63, 3.8) is 0 Å². The van der Waals surface area contributed by atoms with Gasteiger partial charge in [-0.1, -0.05) is 41.3 Å². The Labute approximate surface area is 181 Å². The summed E-state index contributed by atoms with van der Waals surface area (Å²) in [6, 6.07) is 8.07. The number of nitrogens with zero attached hydrogens (tertiary/aromatic N) is 3. The molecule has 0 aliphatic carbocycles. The number of carbonyl (C=O) groups is 3. The lowest BCUT2D eigenvalue weighted by molar-refractivity contribution is -0.149. The minimum absolute atomic E-state index is 0.0697. The zero-order valence-electron chi connectivity index (χ0n) is 16.3. The van der Waals surface area contributed by atoms with Crippen LogP contribution < -0.4 is 10.1 Å². The normalized spacial score (nSPS) is 16.5. The van der Waals surface area contributed by atoms with Crippen LogP contribution in [0.5, 0.6) is 5.75 Å². The first-order valence-corrected chi connectivity index (χ1v) is 10.8. The number of aryl methyl sites for hydroxylation is 1. The van der Waals surface area contributed by atoms with Crippen LogP contribution in [0.15, 0.2) is 45.9 Å². The summed E-state index contributed by atoms with van der Waals surface area (Å²) >= 11 is 2.78. The molecule has 2 amide bonds. The molecule has 30 heavy (non-hydrogen) atoms. The van der Waals surface area contributed by atoms with Crippen LogP contribution in [0.25, 0.3) is 0 Å². The van der Waals surface area contributed by atoms with E-state index in [0.29, 0.717) is 17.1 Å². The highest BCUT2D eigenvalue weighted by atomic mass is 32.2. The second kappa shape index (κ2) is 9.72. The molecule has 1 unspecified atom stereocenters. The van der Waals surface area contributed by atoms with Crippen molar-refractivity contribution in [2.24, 2.45) is 0 Å². The van der Waals surface area contributed by atoms with E-state index in [2.05, 4.69) is 15.5 Å². The molecule has 9 nitrogen and oxygen atoms in total. The van der Waals surface area contributed by atoms with Crippen molar-refractivity contribution in [3.05, 3.63) is 46.6 Å². The number of β-lactam (4-membered cyclic amide) rings is 1. The minimum Gasteiger partial charge on any atom is -0.484 e. The first-order chi connectivity index (χ1) is 14.3. The predicted octanol–water partition coefficient (Wildman–Crippen LogP) is 1.70. The maximum Gasteiger partial charge on any atom is 0.352 e. The Morgan fingerprint density at radius 2 is 2.07 bits per heavy atom. The molecule has 1 aromatic heterocycles. The monoisotopic (exact) mass is 448 g/mol. The summed E-state index contributed by atoms with van der Waals surface area (Å²) in [5.74, 6) is -1.19. The summed E-state index contributed by atoms with van der Waals surface area (Å²) in [6.07, 6.45) is 0. The fourth-order valence-electron chi connectivity index (χ4n) is 2.74. The van der Waals surface area contributed by atoms with E-state index in [1.54, 1.807) is 31.2 Å². The Morgan fingerprint density at radius 3 is 2.67 bits per heavy atom. The fraction of sp³-hybridized carbons (Fsp3) is 0.316. The third kappa shape index (κ3) is 5.36. The molecule has 0 spiro atoms. The van der Waals surface area contributed by atoms with Gasteiger partial charge >= 0.3 is 5.97 Å². The number of ether oxygens (including phenoxy) is 1. The second-order valence-corrected chi connectivity index (χ2v) is 8.88. The summed E-state index contributed by atoms with van der Waals surface area (Å²) in [4.78, 5) is 37.4. The lowest BCUT2D eigenvalue weighted by Crippen LogP contribution is -2.64. The van der Waals surface area contributed by atoms with Gasteiger partial charge in [-0.15, -0.1) is 10.2 Å². The lowest BCUT2D eigenvalue weighted by atomic mass is 10.0. The van der Waals surface area contributed by atoms with E-state index in [-0.39, 0.29) is 18.8 Å². The maximum atomic E-state index is 12.4. The van der Waals surface area contributed by atoms with Crippen molar-refractivity contribution in [2.45, 2.75) is 24.2 Å². The van der Waals surface area contributed by atoms with Gasteiger partial charge in [0.2, 0.25) is 0 Å². The molecule has 11 heteroatoms. The lowest BCUT2D eigenvalue weighted by Gasteiger charge is -2.39. The van der Waals surface area contributed by atoms with Crippen LogP contribution in [-0.2, 0) is 14.4 Å². The number of rotatable bonds is 9. The SMILES string of the molecule is CC(CSc1nnc(C)s1)=C(C(=O)O)N1CC(NC(=O)COc2ccccc2)C1=O. The van der Waals surface area contributed by atoms with Crippen LogP contribution in [0.4, 0.5) is 0 Å². The van der Waals surface area contributed by atoms with Gasteiger partial charge in [-0.05, 0) is 31.6 Å². The summed E-state index contributed by atoms with van der Waals surface area (Å²) in [7, 11) is 0. The smallest absolute Gasteiger partial charge is 0.352 e. The Morgan fingerprint density at radius 1 is 1.33 bits per heavy atom. The molecule has 0 radical (unpaired) electrons. The fourth-order valence-corrected chi connectivity index (χ4v) is 4.51. The Hall–Kier alpha value is -2.92. The number of nitrogens with one attached hydrogen (secondary N) is 1. The number of carbonyl (C=O) groups excluding carboxylic acids is 2. The van der Waals surface area contributed by atoms with Gasteiger partial charge in [0.05, 0.1) is 6.54 Å².